The van der Waals surface area contributed by atoms with Gasteiger partial charge in [-0.25, -0.2) is 0 Å². The highest BCUT2D eigenvalue weighted by Gasteiger charge is 2.37. The minimum absolute atomic E-state index is 0.130. The fraction of sp³-hybridized carbons (Fsp3) is 0.222. The van der Waals surface area contributed by atoms with Gasteiger partial charge in [-0.05, 0) is 75.3 Å². The van der Waals surface area contributed by atoms with Crippen LogP contribution in [0.2, 0.25) is 0 Å². The van der Waals surface area contributed by atoms with Gasteiger partial charge in [-0.3, -0.25) is 4.98 Å². The van der Waals surface area contributed by atoms with Crippen molar-refractivity contribution >= 4 is 10.8 Å². The standard InChI is InChI=1S/C27H21F6N/c1-25(2,3)23-13-19(10-17-6-4-5-7-22(17)23)24-14-16(8-9-34-24)18-11-20(26(28,29)30)15-21(12-18)27(31,32)33/h4-15H,1-3H3. The van der Waals surface area contributed by atoms with E-state index in [1.807, 2.05) is 36.4 Å². The van der Waals surface area contributed by atoms with Crippen LogP contribution in [0.3, 0.4) is 0 Å². The van der Waals surface area contributed by atoms with Crippen molar-refractivity contribution in [3.8, 4) is 22.4 Å². The largest absolute Gasteiger partial charge is 0.416 e. The summed E-state index contributed by atoms with van der Waals surface area (Å²) in [4.78, 5) is 4.36. The molecule has 0 N–H and O–H groups in total. The Hall–Kier alpha value is -3.35. The molecule has 0 saturated carbocycles. The molecule has 0 fully saturated rings. The van der Waals surface area contributed by atoms with Crippen LogP contribution in [0.15, 0.2) is 72.9 Å². The number of benzene rings is 3. The van der Waals surface area contributed by atoms with Gasteiger partial charge in [0.1, 0.15) is 0 Å². The molecule has 0 unspecified atom stereocenters. The van der Waals surface area contributed by atoms with Crippen molar-refractivity contribution < 1.29 is 26.3 Å². The van der Waals surface area contributed by atoms with Crippen LogP contribution in [0.25, 0.3) is 33.2 Å². The Morgan fingerprint density at radius 3 is 1.82 bits per heavy atom. The van der Waals surface area contributed by atoms with E-state index in [4.69, 9.17) is 0 Å². The molecule has 34 heavy (non-hydrogen) atoms. The molecule has 0 amide bonds. The van der Waals surface area contributed by atoms with Gasteiger partial charge in [-0.1, -0.05) is 45.0 Å². The lowest BCUT2D eigenvalue weighted by molar-refractivity contribution is -0.143. The van der Waals surface area contributed by atoms with E-state index in [1.165, 1.54) is 18.3 Å². The van der Waals surface area contributed by atoms with Crippen LogP contribution in [-0.4, -0.2) is 4.98 Å². The van der Waals surface area contributed by atoms with Crippen LogP contribution >= 0.6 is 0 Å². The first kappa shape index (κ1) is 23.8. The maximum atomic E-state index is 13.3. The number of aromatic nitrogens is 1. The van der Waals surface area contributed by atoms with Gasteiger partial charge in [0.2, 0.25) is 0 Å². The van der Waals surface area contributed by atoms with Gasteiger partial charge in [0.05, 0.1) is 16.8 Å². The number of nitrogens with zero attached hydrogens (tertiary/aromatic N) is 1. The Morgan fingerprint density at radius 2 is 1.24 bits per heavy atom. The van der Waals surface area contributed by atoms with Crippen LogP contribution in [-0.2, 0) is 17.8 Å². The van der Waals surface area contributed by atoms with Crippen LogP contribution in [0, 0.1) is 0 Å². The van der Waals surface area contributed by atoms with E-state index in [1.54, 1.807) is 0 Å². The van der Waals surface area contributed by atoms with Crippen LogP contribution < -0.4 is 0 Å². The van der Waals surface area contributed by atoms with Gasteiger partial charge in [0, 0.05) is 11.8 Å². The van der Waals surface area contributed by atoms with E-state index >= 15 is 0 Å². The second kappa shape index (κ2) is 8.15. The van der Waals surface area contributed by atoms with E-state index in [9.17, 15) is 26.3 Å². The van der Waals surface area contributed by atoms with E-state index in [0.29, 0.717) is 5.69 Å². The number of hydrogen-bond acceptors (Lipinski definition) is 1. The molecule has 0 aliphatic carbocycles. The molecule has 7 heteroatoms. The Balaban J connectivity index is 1.90. The molecule has 3 aromatic carbocycles. The molecule has 0 aliphatic heterocycles. The SMILES string of the molecule is CC(C)(C)c1cc(-c2cc(-c3cc(C(F)(F)F)cc(C(F)(F)F)c3)ccn2)cc2ccccc12. The molecule has 4 rings (SSSR count). The van der Waals surface area contributed by atoms with E-state index < -0.39 is 23.5 Å². The highest BCUT2D eigenvalue weighted by molar-refractivity contribution is 5.91. The number of pyridine rings is 1. The first-order chi connectivity index (χ1) is 15.7. The van der Waals surface area contributed by atoms with Gasteiger partial charge < -0.3 is 0 Å². The summed E-state index contributed by atoms with van der Waals surface area (Å²) in [5.74, 6) is 0. The monoisotopic (exact) mass is 473 g/mol. The topological polar surface area (TPSA) is 12.9 Å². The van der Waals surface area contributed by atoms with Gasteiger partial charge in [0.25, 0.3) is 0 Å². The van der Waals surface area contributed by atoms with Crippen LogP contribution in [0.5, 0.6) is 0 Å². The molecule has 1 aromatic heterocycles. The second-order valence-electron chi connectivity index (χ2n) is 9.22. The summed E-state index contributed by atoms with van der Waals surface area (Å²) in [5.41, 5.74) is -0.613. The summed E-state index contributed by atoms with van der Waals surface area (Å²) in [6.45, 7) is 6.22. The number of alkyl halides is 6. The lowest BCUT2D eigenvalue weighted by atomic mass is 9.82. The van der Waals surface area contributed by atoms with Crippen molar-refractivity contribution in [3.63, 3.8) is 0 Å². The summed E-state index contributed by atoms with van der Waals surface area (Å²) in [5, 5.41) is 2.04. The van der Waals surface area contributed by atoms with E-state index in [2.05, 4.69) is 25.8 Å². The number of halogens is 6. The molecule has 0 radical (unpaired) electrons. The highest BCUT2D eigenvalue weighted by Crippen LogP contribution is 2.40. The summed E-state index contributed by atoms with van der Waals surface area (Å²) in [7, 11) is 0. The molecular weight excluding hydrogens is 452 g/mol. The molecule has 1 nitrogen and oxygen atoms in total. The molecule has 0 bridgehead atoms. The van der Waals surface area contributed by atoms with Crippen molar-refractivity contribution in [1.29, 1.82) is 0 Å². The Morgan fingerprint density at radius 1 is 0.618 bits per heavy atom. The summed E-state index contributed by atoms with van der Waals surface area (Å²) in [6.07, 6.45) is -8.43. The lowest BCUT2D eigenvalue weighted by Crippen LogP contribution is -2.12. The van der Waals surface area contributed by atoms with Crippen LogP contribution in [0.1, 0.15) is 37.5 Å². The second-order valence-corrected chi connectivity index (χ2v) is 9.22. The maximum Gasteiger partial charge on any atom is 0.416 e. The summed E-state index contributed by atoms with van der Waals surface area (Å²) < 4.78 is 79.9. The third kappa shape index (κ3) is 4.79. The molecule has 0 saturated heterocycles. The molecule has 176 valence electrons. The van der Waals surface area contributed by atoms with Crippen molar-refractivity contribution in [2.24, 2.45) is 0 Å². The number of fused-ring (bicyclic) bond motifs is 1. The summed E-state index contributed by atoms with van der Waals surface area (Å²) >= 11 is 0. The average Bonchev–Trinajstić information content (AvgIpc) is 2.76. The first-order valence-corrected chi connectivity index (χ1v) is 10.5. The fourth-order valence-electron chi connectivity index (χ4n) is 3.97. The molecule has 4 aromatic rings. The van der Waals surface area contributed by atoms with Gasteiger partial charge >= 0.3 is 12.4 Å². The Bertz CT molecular complexity index is 1330. The maximum absolute atomic E-state index is 13.3. The lowest BCUT2D eigenvalue weighted by Gasteiger charge is -2.22. The average molecular weight is 473 g/mol. The van der Waals surface area contributed by atoms with Crippen LogP contribution in [0.4, 0.5) is 26.3 Å². The van der Waals surface area contributed by atoms with Crippen molar-refractivity contribution in [2.75, 3.05) is 0 Å². The molecule has 0 spiro atoms. The minimum Gasteiger partial charge on any atom is -0.256 e. The fourth-order valence-corrected chi connectivity index (χ4v) is 3.97. The van der Waals surface area contributed by atoms with Crippen molar-refractivity contribution in [2.45, 2.75) is 38.5 Å². The van der Waals surface area contributed by atoms with Crippen molar-refractivity contribution in [1.82, 2.24) is 4.98 Å². The predicted octanol–water partition coefficient (Wildman–Crippen LogP) is 8.90. The normalized spacial score (nSPS) is 12.9. The third-order valence-corrected chi connectivity index (χ3v) is 5.65. The summed E-state index contributed by atoms with van der Waals surface area (Å²) in [6, 6.07) is 16.2. The first-order valence-electron chi connectivity index (χ1n) is 10.5. The Labute approximate surface area is 193 Å². The highest BCUT2D eigenvalue weighted by atomic mass is 19.4. The van der Waals surface area contributed by atoms with Gasteiger partial charge in [0.15, 0.2) is 0 Å². The molecule has 0 atom stereocenters. The Kier molecular flexibility index (Phi) is 5.70. The van der Waals surface area contributed by atoms with E-state index in [0.717, 1.165) is 34.0 Å². The number of rotatable bonds is 2. The zero-order chi connectivity index (χ0) is 24.9. The zero-order valence-electron chi connectivity index (χ0n) is 18.6. The minimum atomic E-state index is -4.91. The van der Waals surface area contributed by atoms with E-state index in [-0.39, 0.29) is 22.6 Å². The zero-order valence-corrected chi connectivity index (χ0v) is 18.6. The quantitative estimate of drug-likeness (QED) is 0.265. The smallest absolute Gasteiger partial charge is 0.256 e. The van der Waals surface area contributed by atoms with Gasteiger partial charge in [-0.15, -0.1) is 0 Å². The molecular formula is C27H21F6N. The van der Waals surface area contributed by atoms with Gasteiger partial charge in [-0.2, -0.15) is 26.3 Å². The molecule has 0 aliphatic rings. The number of hydrogen-bond donors (Lipinski definition) is 0. The predicted molar refractivity (Wildman–Crippen MR) is 121 cm³/mol. The van der Waals surface area contributed by atoms with Crippen molar-refractivity contribution in [3.05, 3.63) is 89.6 Å². The third-order valence-electron chi connectivity index (χ3n) is 5.65. The molecule has 1 heterocycles.